The summed E-state index contributed by atoms with van der Waals surface area (Å²) in [5, 5.41) is 6.53. The first-order chi connectivity index (χ1) is 23.8. The second-order valence-corrected chi connectivity index (χ2v) is 23.3. The van der Waals surface area contributed by atoms with E-state index in [1.165, 1.54) is 56.3 Å². The zero-order chi connectivity index (χ0) is 32.5. The summed E-state index contributed by atoms with van der Waals surface area (Å²) in [6.45, 7) is 0. The number of fused-ring (bicyclic) bond motifs is 5. The second-order valence-electron chi connectivity index (χ2n) is 14.6. The summed E-state index contributed by atoms with van der Waals surface area (Å²) in [6, 6.07) is 51.1. The van der Waals surface area contributed by atoms with E-state index < -0.39 is 16.1 Å². The van der Waals surface area contributed by atoms with E-state index in [9.17, 15) is 0 Å². The van der Waals surface area contributed by atoms with Crippen LogP contribution in [0, 0.1) is 23.7 Å². The lowest BCUT2D eigenvalue weighted by Crippen LogP contribution is -2.57. The third-order valence-corrected chi connectivity index (χ3v) is 22.5. The van der Waals surface area contributed by atoms with Crippen molar-refractivity contribution in [2.45, 2.75) is 62.7 Å². The van der Waals surface area contributed by atoms with Gasteiger partial charge in [0, 0.05) is 0 Å². The lowest BCUT2D eigenvalue weighted by atomic mass is 9.80. The summed E-state index contributed by atoms with van der Waals surface area (Å²) in [5.74, 6) is 3.75. The van der Waals surface area contributed by atoms with Crippen molar-refractivity contribution >= 4 is 36.9 Å². The second kappa shape index (κ2) is 15.7. The van der Waals surface area contributed by atoms with E-state index in [0.29, 0.717) is 0 Å². The first-order valence-corrected chi connectivity index (χ1v) is 23.5. The van der Waals surface area contributed by atoms with E-state index in [0.717, 1.165) is 30.1 Å². The van der Waals surface area contributed by atoms with E-state index in [4.69, 9.17) is 0 Å². The molecule has 2 heteroatoms. The van der Waals surface area contributed by atoms with Gasteiger partial charge in [0.05, 0.1) is 0 Å². The van der Waals surface area contributed by atoms with Gasteiger partial charge in [-0.2, -0.15) is 0 Å². The molecule has 5 aliphatic rings. The maximum Gasteiger partial charge on any atom is 0.118 e. The number of hydrogen-bond donors (Lipinski definition) is 0. The van der Waals surface area contributed by atoms with Gasteiger partial charge in [-0.15, -0.1) is 0 Å². The Balaban J connectivity index is 0.000000135. The van der Waals surface area contributed by atoms with Gasteiger partial charge >= 0.3 is 0 Å². The van der Waals surface area contributed by atoms with Gasteiger partial charge in [0.2, 0.25) is 0 Å². The Bertz CT molecular complexity index is 1560. The molecule has 4 aromatic carbocycles. The van der Waals surface area contributed by atoms with Crippen LogP contribution in [0.1, 0.15) is 38.5 Å². The normalized spacial score (nSPS) is 25.5. The quantitative estimate of drug-likeness (QED) is 0.151. The van der Waals surface area contributed by atoms with Gasteiger partial charge in [0.15, 0.2) is 0 Å². The zero-order valence-electron chi connectivity index (χ0n) is 28.5. The van der Waals surface area contributed by atoms with Crippen molar-refractivity contribution in [1.82, 2.24) is 0 Å². The molecule has 0 radical (unpaired) electrons. The van der Waals surface area contributed by atoms with Gasteiger partial charge in [0.1, 0.15) is 16.1 Å². The monoisotopic (exact) mass is 660 g/mol. The maximum absolute atomic E-state index is 2.55. The van der Waals surface area contributed by atoms with E-state index in [1.807, 2.05) is 0 Å². The van der Waals surface area contributed by atoms with Gasteiger partial charge in [-0.3, -0.25) is 0 Å². The zero-order valence-corrected chi connectivity index (χ0v) is 30.5. The predicted molar refractivity (Wildman–Crippen MR) is 213 cm³/mol. The van der Waals surface area contributed by atoms with Gasteiger partial charge in [-0.05, 0) is 73.5 Å². The Morgan fingerprint density at radius 2 is 0.750 bits per heavy atom. The molecule has 9 rings (SSSR count). The highest BCUT2D eigenvalue weighted by Gasteiger charge is 2.49. The van der Waals surface area contributed by atoms with Crippen molar-refractivity contribution in [2.75, 3.05) is 0 Å². The smallest absolute Gasteiger partial charge is 0.0888 e. The van der Waals surface area contributed by atoms with Crippen LogP contribution in [0.25, 0.3) is 0 Å². The van der Waals surface area contributed by atoms with Crippen LogP contribution in [0.2, 0.25) is 24.2 Å². The van der Waals surface area contributed by atoms with Crippen molar-refractivity contribution in [3.8, 4) is 0 Å². The number of allylic oxidation sites excluding steroid dienone is 8. The van der Waals surface area contributed by atoms with E-state index in [2.05, 4.69) is 170 Å². The molecule has 0 unspecified atom stereocenters. The topological polar surface area (TPSA) is 0 Å². The fourth-order valence-electron chi connectivity index (χ4n) is 9.76. The average molecular weight is 661 g/mol. The molecule has 4 atom stereocenters. The predicted octanol–water partition coefficient (Wildman–Crippen LogP) is 9.58. The molecule has 2 bridgehead atoms. The number of hydrogen-bond acceptors (Lipinski definition) is 0. The summed E-state index contributed by atoms with van der Waals surface area (Å²) in [7, 11) is -3.16. The molecule has 244 valence electrons. The number of benzene rings is 4. The van der Waals surface area contributed by atoms with Crippen molar-refractivity contribution in [2.24, 2.45) is 23.7 Å². The van der Waals surface area contributed by atoms with Crippen LogP contribution in [0.15, 0.2) is 170 Å². The summed E-state index contributed by atoms with van der Waals surface area (Å²) in [5.41, 5.74) is 0. The Hall–Kier alpha value is -3.73. The largest absolute Gasteiger partial charge is 0.118 e. The number of rotatable bonds is 4. The average Bonchev–Trinajstić information content (AvgIpc) is 3.90. The lowest BCUT2D eigenvalue weighted by Gasteiger charge is -2.32. The molecule has 0 aromatic heterocycles. The molecular weight excluding hydrogens is 609 g/mol. The first kappa shape index (κ1) is 32.8. The van der Waals surface area contributed by atoms with E-state index in [1.54, 1.807) is 20.7 Å². The van der Waals surface area contributed by atoms with Crippen molar-refractivity contribution in [3.05, 3.63) is 170 Å². The minimum atomic E-state index is -1.61. The van der Waals surface area contributed by atoms with Crippen LogP contribution in [-0.4, -0.2) is 16.1 Å². The molecule has 48 heavy (non-hydrogen) atoms. The molecular formula is C46H52Si2. The van der Waals surface area contributed by atoms with Crippen LogP contribution in [0.4, 0.5) is 0 Å². The molecule has 0 N–H and O–H groups in total. The van der Waals surface area contributed by atoms with Gasteiger partial charge < -0.3 is 0 Å². The molecule has 1 saturated carbocycles. The Morgan fingerprint density at radius 3 is 1.08 bits per heavy atom. The third-order valence-electron chi connectivity index (χ3n) is 12.2. The van der Waals surface area contributed by atoms with E-state index >= 15 is 0 Å². The molecule has 1 saturated heterocycles. The fourth-order valence-corrected chi connectivity index (χ4v) is 19.5. The standard InChI is InChI=1S/C23H26Si.C18H20Si.C5H6/c1-3-7-20(8-4-1)24(21-9-5-2-6-10-21)15-13-22-18-11-12-19(17-18)23(22)14-16-24;1-2-10-16-19(15-9-1,17-11-5-3-6-12-17)18-13-7-4-8-14-18;1-2-4-5-3-1/h1-12,18-19,22-23H,13-17H2;1-8,11-14H,9-10,15-16H2;1-4H,5H2/t18-,19+,22-,23-;;/m0../s1. The summed E-state index contributed by atoms with van der Waals surface area (Å²) < 4.78 is 0. The Kier molecular flexibility index (Phi) is 10.7. The molecule has 2 fully saturated rings. The maximum atomic E-state index is 2.55. The SMILES string of the molecule is C1=CCC=C1.C1=CCC[Si](c2ccccc2)(c2ccccc2)CC1.C1=C[C@H]2C[C@@H]1[C@@H]1CC[Si](c3ccccc3)(c3ccccc3)CC[C@H]12. The van der Waals surface area contributed by atoms with E-state index in [-0.39, 0.29) is 0 Å². The highest BCUT2D eigenvalue weighted by atomic mass is 28.3. The van der Waals surface area contributed by atoms with Crippen molar-refractivity contribution in [3.63, 3.8) is 0 Å². The van der Waals surface area contributed by atoms with Crippen molar-refractivity contribution < 1.29 is 0 Å². The summed E-state index contributed by atoms with van der Waals surface area (Å²) in [6.07, 6.45) is 26.2. The fraction of sp³-hybridized carbons (Fsp3) is 0.304. The first-order valence-electron chi connectivity index (χ1n) is 18.7. The molecule has 0 nitrogen and oxygen atoms in total. The molecule has 3 aliphatic carbocycles. The molecule has 4 aromatic rings. The molecule has 0 amide bonds. The summed E-state index contributed by atoms with van der Waals surface area (Å²) >= 11 is 0. The molecule has 2 heterocycles. The van der Waals surface area contributed by atoms with Crippen LogP contribution in [-0.2, 0) is 0 Å². The van der Waals surface area contributed by atoms with Gasteiger partial charge in [-0.25, -0.2) is 0 Å². The Labute approximate surface area is 292 Å². The third kappa shape index (κ3) is 7.02. The Morgan fingerprint density at radius 1 is 0.396 bits per heavy atom. The molecule has 2 aliphatic heterocycles. The summed E-state index contributed by atoms with van der Waals surface area (Å²) in [4.78, 5) is 0. The minimum Gasteiger partial charge on any atom is -0.0888 e. The van der Waals surface area contributed by atoms with Crippen molar-refractivity contribution in [1.29, 1.82) is 0 Å². The molecule has 0 spiro atoms. The minimum absolute atomic E-state index is 0.899. The van der Waals surface area contributed by atoms with Gasteiger partial charge in [-0.1, -0.05) is 204 Å². The highest BCUT2D eigenvalue weighted by Crippen LogP contribution is 2.54. The van der Waals surface area contributed by atoms with Gasteiger partial charge in [0.25, 0.3) is 0 Å². The van der Waals surface area contributed by atoms with Crippen LogP contribution < -0.4 is 20.7 Å². The van der Waals surface area contributed by atoms with Crippen LogP contribution in [0.3, 0.4) is 0 Å². The lowest BCUT2D eigenvalue weighted by molar-refractivity contribution is 0.299. The van der Waals surface area contributed by atoms with Crippen LogP contribution >= 0.6 is 0 Å². The van der Waals surface area contributed by atoms with Crippen LogP contribution in [0.5, 0.6) is 0 Å². The highest BCUT2D eigenvalue weighted by molar-refractivity contribution is 7.02.